The summed E-state index contributed by atoms with van der Waals surface area (Å²) in [4.78, 5) is 36.3. The van der Waals surface area contributed by atoms with Crippen LogP contribution in [0.25, 0.3) is 0 Å². The minimum absolute atomic E-state index is 0.0202. The summed E-state index contributed by atoms with van der Waals surface area (Å²) in [5, 5.41) is 12.3. The minimum atomic E-state index is -0.876. The summed E-state index contributed by atoms with van der Waals surface area (Å²) in [5.74, 6) is -1.45. The Morgan fingerprint density at radius 2 is 1.86 bits per heavy atom. The molecule has 7 nitrogen and oxygen atoms in total. The quantitative estimate of drug-likeness (QED) is 0.737. The minimum Gasteiger partial charge on any atom is -0.481 e. The number of hydrogen-bond acceptors (Lipinski definition) is 4. The van der Waals surface area contributed by atoms with Crippen molar-refractivity contribution >= 4 is 29.2 Å². The van der Waals surface area contributed by atoms with Crippen LogP contribution >= 0.6 is 0 Å². The van der Waals surface area contributed by atoms with E-state index in [1.165, 1.54) is 6.92 Å². The van der Waals surface area contributed by atoms with Crippen molar-refractivity contribution in [3.63, 3.8) is 0 Å². The second-order valence-corrected chi connectivity index (χ2v) is 7.08. The van der Waals surface area contributed by atoms with E-state index in [4.69, 9.17) is 10.8 Å². The summed E-state index contributed by atoms with van der Waals surface area (Å²) in [7, 11) is 0. The van der Waals surface area contributed by atoms with Gasteiger partial charge in [0.15, 0.2) is 0 Å². The van der Waals surface area contributed by atoms with E-state index in [0.717, 1.165) is 16.9 Å². The average molecular weight is 381 g/mol. The predicted octanol–water partition coefficient (Wildman–Crippen LogP) is 2.71. The van der Waals surface area contributed by atoms with Gasteiger partial charge in [0.05, 0.1) is 12.5 Å². The highest BCUT2D eigenvalue weighted by molar-refractivity contribution is 5.97. The molecule has 2 atom stereocenters. The maximum Gasteiger partial charge on any atom is 0.307 e. The number of carbonyl (C=O) groups excluding carboxylic acids is 2. The third-order valence-electron chi connectivity index (χ3n) is 4.95. The molecule has 0 bridgehead atoms. The van der Waals surface area contributed by atoms with E-state index in [1.54, 1.807) is 35.2 Å². The summed E-state index contributed by atoms with van der Waals surface area (Å²) in [6.07, 6.45) is 0.630. The van der Waals surface area contributed by atoms with Gasteiger partial charge in [0.25, 0.3) is 0 Å². The van der Waals surface area contributed by atoms with Crippen LogP contribution in [0.2, 0.25) is 0 Å². The van der Waals surface area contributed by atoms with Gasteiger partial charge in [-0.2, -0.15) is 0 Å². The molecule has 28 heavy (non-hydrogen) atoms. The van der Waals surface area contributed by atoms with E-state index < -0.39 is 11.9 Å². The van der Waals surface area contributed by atoms with Crippen molar-refractivity contribution in [3.05, 3.63) is 59.2 Å². The first-order valence-corrected chi connectivity index (χ1v) is 9.07. The maximum absolute atomic E-state index is 12.1. The smallest absolute Gasteiger partial charge is 0.307 e. The molecule has 1 aliphatic heterocycles. The summed E-state index contributed by atoms with van der Waals surface area (Å²) >= 11 is 0. The van der Waals surface area contributed by atoms with Crippen molar-refractivity contribution in [2.24, 2.45) is 5.73 Å². The number of rotatable bonds is 5. The lowest BCUT2D eigenvalue weighted by Crippen LogP contribution is -2.43. The molecule has 2 amide bonds. The van der Waals surface area contributed by atoms with E-state index in [0.29, 0.717) is 17.5 Å². The van der Waals surface area contributed by atoms with Crippen LogP contribution in [0.15, 0.2) is 42.5 Å². The molecule has 2 aromatic carbocycles. The lowest BCUT2D eigenvalue weighted by Gasteiger charge is -2.39. The van der Waals surface area contributed by atoms with Crippen LogP contribution in [0.4, 0.5) is 11.4 Å². The lowest BCUT2D eigenvalue weighted by molar-refractivity contribution is -0.136. The Morgan fingerprint density at radius 3 is 2.43 bits per heavy atom. The number of anilines is 2. The molecule has 0 spiro atoms. The zero-order valence-corrected chi connectivity index (χ0v) is 15.8. The van der Waals surface area contributed by atoms with Crippen molar-refractivity contribution in [2.45, 2.75) is 38.8 Å². The molecule has 146 valence electrons. The van der Waals surface area contributed by atoms with Gasteiger partial charge in [-0.05, 0) is 54.8 Å². The molecular weight excluding hydrogens is 358 g/mol. The molecule has 2 aromatic rings. The van der Waals surface area contributed by atoms with Gasteiger partial charge in [-0.15, -0.1) is 0 Å². The largest absolute Gasteiger partial charge is 0.481 e. The number of aliphatic carboxylic acids is 1. The first kappa shape index (κ1) is 19.4. The number of carbonyl (C=O) groups is 3. The monoisotopic (exact) mass is 381 g/mol. The number of nitrogens with zero attached hydrogens (tertiary/aromatic N) is 1. The Balaban J connectivity index is 1.94. The van der Waals surface area contributed by atoms with Crippen LogP contribution < -0.4 is 16.0 Å². The molecule has 0 saturated carbocycles. The van der Waals surface area contributed by atoms with Gasteiger partial charge in [-0.25, -0.2) is 0 Å². The highest BCUT2D eigenvalue weighted by Gasteiger charge is 2.32. The van der Waals surface area contributed by atoms with Gasteiger partial charge < -0.3 is 21.1 Å². The highest BCUT2D eigenvalue weighted by atomic mass is 16.4. The molecule has 7 heteroatoms. The summed E-state index contributed by atoms with van der Waals surface area (Å²) in [6.45, 7) is 3.51. The molecule has 0 radical (unpaired) electrons. The third-order valence-corrected chi connectivity index (χ3v) is 4.95. The van der Waals surface area contributed by atoms with Crippen molar-refractivity contribution in [2.75, 3.05) is 10.2 Å². The molecule has 3 rings (SSSR count). The number of carboxylic acids is 1. The zero-order chi connectivity index (χ0) is 20.4. The third kappa shape index (κ3) is 3.98. The fourth-order valence-electron chi connectivity index (χ4n) is 3.73. The Kier molecular flexibility index (Phi) is 5.35. The number of benzene rings is 2. The number of nitrogens with one attached hydrogen (secondary N) is 1. The lowest BCUT2D eigenvalue weighted by atomic mass is 9.90. The number of hydrogen-bond donors (Lipinski definition) is 3. The number of carboxylic acid groups (broad SMARTS) is 1. The van der Waals surface area contributed by atoms with Gasteiger partial charge in [-0.1, -0.05) is 12.1 Å². The number of fused-ring (bicyclic) bond motifs is 1. The van der Waals surface area contributed by atoms with Crippen LogP contribution in [-0.4, -0.2) is 28.9 Å². The van der Waals surface area contributed by atoms with Crippen LogP contribution in [0.5, 0.6) is 0 Å². The fraction of sp³-hybridized carbons (Fsp3) is 0.286. The molecule has 0 aromatic heterocycles. The second-order valence-electron chi connectivity index (χ2n) is 7.08. The van der Waals surface area contributed by atoms with E-state index >= 15 is 0 Å². The van der Waals surface area contributed by atoms with Crippen molar-refractivity contribution in [1.29, 1.82) is 0 Å². The van der Waals surface area contributed by atoms with Crippen LogP contribution in [0.1, 0.15) is 47.8 Å². The molecule has 0 saturated heterocycles. The van der Waals surface area contributed by atoms with Gasteiger partial charge >= 0.3 is 5.97 Å². The van der Waals surface area contributed by atoms with E-state index in [1.807, 2.05) is 19.1 Å². The van der Waals surface area contributed by atoms with Crippen LogP contribution in [0.3, 0.4) is 0 Å². The molecule has 0 unspecified atom stereocenters. The standard InChI is InChI=1S/C21H23N3O4/c1-12-9-18(23-16-6-3-14(4-7-16)10-20(26)27)17-11-15(21(22)28)5-8-19(17)24(12)13(2)25/h3-8,11-12,18,23H,9-10H2,1-2H3,(H2,22,28)(H,26,27)/t12-,18+/m1/s1. The van der Waals surface area contributed by atoms with E-state index in [9.17, 15) is 14.4 Å². The van der Waals surface area contributed by atoms with Gasteiger partial charge in [0.2, 0.25) is 11.8 Å². The molecular formula is C21H23N3O4. The topological polar surface area (TPSA) is 113 Å². The molecule has 0 aliphatic carbocycles. The normalized spacial score (nSPS) is 18.3. The summed E-state index contributed by atoms with van der Waals surface area (Å²) < 4.78 is 0. The van der Waals surface area contributed by atoms with E-state index in [-0.39, 0.29) is 24.4 Å². The Bertz CT molecular complexity index is 924. The van der Waals surface area contributed by atoms with Gasteiger partial charge in [0, 0.05) is 29.9 Å². The van der Waals surface area contributed by atoms with Crippen molar-refractivity contribution in [3.8, 4) is 0 Å². The highest BCUT2D eigenvalue weighted by Crippen LogP contribution is 2.39. The number of amides is 2. The number of nitrogens with two attached hydrogens (primary N) is 1. The fourth-order valence-corrected chi connectivity index (χ4v) is 3.73. The Morgan fingerprint density at radius 1 is 1.18 bits per heavy atom. The molecule has 4 N–H and O–H groups in total. The van der Waals surface area contributed by atoms with Gasteiger partial charge in [-0.3, -0.25) is 14.4 Å². The summed E-state index contributed by atoms with van der Waals surface area (Å²) in [6, 6.07) is 12.2. The second kappa shape index (κ2) is 7.72. The first-order valence-electron chi connectivity index (χ1n) is 9.07. The molecule has 0 fully saturated rings. The molecule has 1 heterocycles. The maximum atomic E-state index is 12.1. The van der Waals surface area contributed by atoms with Gasteiger partial charge in [0.1, 0.15) is 0 Å². The van der Waals surface area contributed by atoms with Crippen molar-refractivity contribution < 1.29 is 19.5 Å². The average Bonchev–Trinajstić information content (AvgIpc) is 2.62. The summed E-state index contributed by atoms with van der Waals surface area (Å²) in [5.41, 5.74) is 8.97. The zero-order valence-electron chi connectivity index (χ0n) is 15.8. The Hall–Kier alpha value is -3.35. The Labute approximate surface area is 163 Å². The molecule has 1 aliphatic rings. The number of primary amides is 1. The predicted molar refractivity (Wildman–Crippen MR) is 106 cm³/mol. The first-order chi connectivity index (χ1) is 13.3. The van der Waals surface area contributed by atoms with E-state index in [2.05, 4.69) is 5.32 Å². The van der Waals surface area contributed by atoms with Crippen LogP contribution in [0, 0.1) is 0 Å². The van der Waals surface area contributed by atoms with Crippen LogP contribution in [-0.2, 0) is 16.0 Å². The SMILES string of the molecule is CC(=O)N1c2ccc(C(N)=O)cc2[C@@H](Nc2ccc(CC(=O)O)cc2)C[C@H]1C. The van der Waals surface area contributed by atoms with Crippen molar-refractivity contribution in [1.82, 2.24) is 0 Å².